The third kappa shape index (κ3) is 4.34. The molecule has 6 nitrogen and oxygen atoms in total. The highest BCUT2D eigenvalue weighted by Crippen LogP contribution is 2.40. The van der Waals surface area contributed by atoms with Gasteiger partial charge in [-0.25, -0.2) is 9.37 Å². The first-order chi connectivity index (χ1) is 16.4. The van der Waals surface area contributed by atoms with Gasteiger partial charge in [0.2, 0.25) is 0 Å². The van der Waals surface area contributed by atoms with Gasteiger partial charge in [0.05, 0.1) is 16.7 Å². The van der Waals surface area contributed by atoms with Crippen molar-refractivity contribution in [2.24, 2.45) is 5.41 Å². The summed E-state index contributed by atoms with van der Waals surface area (Å²) in [7, 11) is 0. The Bertz CT molecular complexity index is 1280. The molecule has 1 N–H and O–H groups in total. The first-order valence-electron chi connectivity index (χ1n) is 11.6. The van der Waals surface area contributed by atoms with Crippen molar-refractivity contribution in [2.45, 2.75) is 59.1 Å². The fourth-order valence-electron chi connectivity index (χ4n) is 5.07. The summed E-state index contributed by atoms with van der Waals surface area (Å²) in [5, 5.41) is 14.6. The van der Waals surface area contributed by atoms with Crippen molar-refractivity contribution in [3.63, 3.8) is 0 Å². The molecule has 0 amide bonds. The van der Waals surface area contributed by atoms with Crippen molar-refractivity contribution in [3.8, 4) is 11.3 Å². The smallest absolute Gasteiger partial charge is 0.419 e. The maximum atomic E-state index is 14.3. The number of hydrogen-bond donors (Lipinski definition) is 1. The molecule has 188 valence electrons. The molecular formula is C25H28F4N4O2. The van der Waals surface area contributed by atoms with Crippen molar-refractivity contribution >= 4 is 17.4 Å². The van der Waals surface area contributed by atoms with Gasteiger partial charge in [0.15, 0.2) is 5.65 Å². The van der Waals surface area contributed by atoms with Crippen LogP contribution in [-0.4, -0.2) is 38.8 Å². The van der Waals surface area contributed by atoms with Crippen LogP contribution in [0.5, 0.6) is 0 Å². The minimum absolute atomic E-state index is 0.0563. The zero-order chi connectivity index (χ0) is 25.7. The number of benzene rings is 1. The summed E-state index contributed by atoms with van der Waals surface area (Å²) in [6.45, 7) is 8.72. The molecule has 0 radical (unpaired) electrons. The molecule has 0 spiro atoms. The summed E-state index contributed by atoms with van der Waals surface area (Å²) >= 11 is 0. The number of rotatable bonds is 5. The lowest BCUT2D eigenvalue weighted by atomic mass is 9.77. The molecule has 2 aromatic heterocycles. The van der Waals surface area contributed by atoms with E-state index in [9.17, 15) is 27.5 Å². The summed E-state index contributed by atoms with van der Waals surface area (Å²) in [5.41, 5.74) is 0.396. The number of halogens is 4. The number of hydrogen-bond acceptors (Lipinski definition) is 4. The Balaban J connectivity index is 1.88. The largest absolute Gasteiger partial charge is 0.481 e. The molecule has 0 saturated carbocycles. The van der Waals surface area contributed by atoms with Gasteiger partial charge in [-0.2, -0.15) is 22.8 Å². The van der Waals surface area contributed by atoms with Gasteiger partial charge in [0, 0.05) is 36.0 Å². The second kappa shape index (κ2) is 8.80. The molecule has 0 aliphatic carbocycles. The van der Waals surface area contributed by atoms with E-state index in [-0.39, 0.29) is 17.2 Å². The molecule has 1 atom stereocenters. The molecule has 3 heterocycles. The number of carbonyl (C=O) groups is 1. The predicted octanol–water partition coefficient (Wildman–Crippen LogP) is 6.07. The number of piperidine rings is 1. The van der Waals surface area contributed by atoms with Gasteiger partial charge in [0.1, 0.15) is 11.6 Å². The summed E-state index contributed by atoms with van der Waals surface area (Å²) in [4.78, 5) is 18.9. The first kappa shape index (κ1) is 24.9. The van der Waals surface area contributed by atoms with E-state index >= 15 is 0 Å². The van der Waals surface area contributed by atoms with E-state index in [0.29, 0.717) is 44.1 Å². The summed E-state index contributed by atoms with van der Waals surface area (Å²) in [5.74, 6) is -1.43. The summed E-state index contributed by atoms with van der Waals surface area (Å²) in [6, 6.07) is 4.34. The molecule has 1 aromatic carbocycles. The van der Waals surface area contributed by atoms with Gasteiger partial charge in [0.25, 0.3) is 0 Å². The maximum Gasteiger partial charge on any atom is 0.419 e. The molecule has 1 aliphatic rings. The molecule has 1 saturated heterocycles. The lowest BCUT2D eigenvalue weighted by Crippen LogP contribution is -2.48. The lowest BCUT2D eigenvalue weighted by Gasteiger charge is -2.41. The molecule has 1 fully saturated rings. The van der Waals surface area contributed by atoms with Gasteiger partial charge >= 0.3 is 12.1 Å². The second-order valence-electron chi connectivity index (χ2n) is 9.55. The number of aryl methyl sites for hydroxylation is 1. The monoisotopic (exact) mass is 492 g/mol. The van der Waals surface area contributed by atoms with Crippen molar-refractivity contribution < 1.29 is 27.5 Å². The number of carboxylic acid groups (broad SMARTS) is 1. The van der Waals surface area contributed by atoms with E-state index in [1.807, 2.05) is 32.6 Å². The van der Waals surface area contributed by atoms with Crippen molar-refractivity contribution in [2.75, 3.05) is 18.0 Å². The number of alkyl halides is 3. The molecule has 35 heavy (non-hydrogen) atoms. The lowest BCUT2D eigenvalue weighted by molar-refractivity contribution is -0.149. The Morgan fingerprint density at radius 1 is 1.26 bits per heavy atom. The molecule has 3 aromatic rings. The number of anilines is 1. The molecular weight excluding hydrogens is 464 g/mol. The topological polar surface area (TPSA) is 70.7 Å². The normalized spacial score (nSPS) is 19.1. The quantitative estimate of drug-likeness (QED) is 0.438. The van der Waals surface area contributed by atoms with Crippen LogP contribution in [0.4, 0.5) is 23.4 Å². The van der Waals surface area contributed by atoms with Crippen LogP contribution >= 0.6 is 0 Å². The number of aromatic nitrogens is 3. The third-order valence-electron chi connectivity index (χ3n) is 6.96. The second-order valence-corrected chi connectivity index (χ2v) is 9.55. The van der Waals surface area contributed by atoms with Crippen LogP contribution in [0.15, 0.2) is 24.3 Å². The Kier molecular flexibility index (Phi) is 6.27. The summed E-state index contributed by atoms with van der Waals surface area (Å²) in [6.07, 6.45) is -3.03. The van der Waals surface area contributed by atoms with Crippen LogP contribution in [0.1, 0.15) is 62.8 Å². The number of aliphatic carboxylic acids is 1. The van der Waals surface area contributed by atoms with E-state index in [2.05, 4.69) is 10.1 Å². The number of carboxylic acids is 1. The molecule has 10 heteroatoms. The van der Waals surface area contributed by atoms with Gasteiger partial charge in [-0.15, -0.1) is 0 Å². The Hall–Kier alpha value is -3.17. The van der Waals surface area contributed by atoms with Gasteiger partial charge in [-0.3, -0.25) is 4.79 Å². The minimum atomic E-state index is -4.79. The Morgan fingerprint density at radius 3 is 2.54 bits per heavy atom. The van der Waals surface area contributed by atoms with Crippen LogP contribution in [-0.2, 0) is 11.0 Å². The average molecular weight is 493 g/mol. The van der Waals surface area contributed by atoms with Crippen molar-refractivity contribution in [1.82, 2.24) is 14.6 Å². The van der Waals surface area contributed by atoms with Crippen molar-refractivity contribution in [1.29, 1.82) is 0 Å². The Morgan fingerprint density at radius 2 is 1.97 bits per heavy atom. The molecule has 0 bridgehead atoms. The fraction of sp³-hybridized carbons (Fsp3) is 0.480. The highest BCUT2D eigenvalue weighted by atomic mass is 19.4. The van der Waals surface area contributed by atoms with Crippen LogP contribution in [0.3, 0.4) is 0 Å². The molecule has 4 rings (SSSR count). The maximum absolute atomic E-state index is 14.3. The van der Waals surface area contributed by atoms with E-state index in [1.165, 1.54) is 6.07 Å². The van der Waals surface area contributed by atoms with E-state index in [4.69, 9.17) is 0 Å². The fourth-order valence-corrected chi connectivity index (χ4v) is 5.07. The molecule has 1 unspecified atom stereocenters. The van der Waals surface area contributed by atoms with E-state index in [0.717, 1.165) is 23.1 Å². The van der Waals surface area contributed by atoms with Gasteiger partial charge in [-0.05, 0) is 44.2 Å². The van der Waals surface area contributed by atoms with E-state index < -0.39 is 28.9 Å². The average Bonchev–Trinajstić information content (AvgIpc) is 3.20. The van der Waals surface area contributed by atoms with Crippen LogP contribution in [0.25, 0.3) is 16.9 Å². The highest BCUT2D eigenvalue weighted by molar-refractivity contribution is 5.76. The van der Waals surface area contributed by atoms with Crippen molar-refractivity contribution in [3.05, 3.63) is 46.9 Å². The van der Waals surface area contributed by atoms with Crippen LogP contribution in [0, 0.1) is 18.2 Å². The standard InChI is InChI=1S/C25H28F4N4O2/c1-5-24(23(34)35)9-6-10-32(13-24)22-21(14(2)3)15(4)30-20-12-19(31-33(20)22)16-7-8-17(18(26)11-16)25(27,28)29/h7-8,11-12,14H,5-6,9-10,13H2,1-4H3,(H,34,35). The van der Waals surface area contributed by atoms with Crippen LogP contribution in [0.2, 0.25) is 0 Å². The Labute approximate surface area is 200 Å². The highest BCUT2D eigenvalue weighted by Gasteiger charge is 2.42. The first-order valence-corrected chi connectivity index (χ1v) is 11.6. The molecule has 1 aliphatic heterocycles. The van der Waals surface area contributed by atoms with E-state index in [1.54, 1.807) is 10.6 Å². The number of nitrogens with zero attached hydrogens (tertiary/aromatic N) is 4. The zero-order valence-electron chi connectivity index (χ0n) is 20.1. The zero-order valence-corrected chi connectivity index (χ0v) is 20.1. The number of fused-ring (bicyclic) bond motifs is 1. The third-order valence-corrected chi connectivity index (χ3v) is 6.96. The predicted molar refractivity (Wildman–Crippen MR) is 124 cm³/mol. The van der Waals surface area contributed by atoms with Crippen LogP contribution < -0.4 is 4.90 Å². The minimum Gasteiger partial charge on any atom is -0.481 e. The van der Waals surface area contributed by atoms with Gasteiger partial charge in [-0.1, -0.05) is 26.8 Å². The SMILES string of the molecule is CCC1(C(=O)O)CCCN(c2c(C(C)C)c(C)nc3cc(-c4ccc(C(F)(F)F)c(F)c4)nn23)C1. The van der Waals surface area contributed by atoms with Gasteiger partial charge < -0.3 is 10.0 Å². The summed E-state index contributed by atoms with van der Waals surface area (Å²) < 4.78 is 54.9.